The molecule has 2 heteroatoms. The van der Waals surface area contributed by atoms with Crippen LogP contribution in [-0.4, -0.2) is 31.6 Å². The molecule has 0 unspecified atom stereocenters. The smallest absolute Gasteiger partial charge is 0.129 e. The zero-order valence-corrected chi connectivity index (χ0v) is 10.7. The van der Waals surface area contributed by atoms with Crippen LogP contribution in [0.4, 0.5) is 0 Å². The van der Waals surface area contributed by atoms with E-state index in [9.17, 15) is 0 Å². The van der Waals surface area contributed by atoms with Crippen molar-refractivity contribution in [3.05, 3.63) is 0 Å². The summed E-state index contributed by atoms with van der Waals surface area (Å²) < 4.78 is 0. The van der Waals surface area contributed by atoms with E-state index in [1.807, 2.05) is 0 Å². The van der Waals surface area contributed by atoms with Crippen molar-refractivity contribution in [3.8, 4) is 11.5 Å². The summed E-state index contributed by atoms with van der Waals surface area (Å²) in [5.41, 5.74) is 3.89. The lowest BCUT2D eigenvalue weighted by molar-refractivity contribution is 0.261. The summed E-state index contributed by atoms with van der Waals surface area (Å²) in [7, 11) is -1.18. The molecule has 0 aromatic heterocycles. The summed E-state index contributed by atoms with van der Waals surface area (Å²) >= 11 is 0. The Labute approximate surface area is 88.9 Å². The maximum Gasteiger partial charge on any atom is 0.129 e. The molecule has 2 fully saturated rings. The molecule has 2 rings (SSSR count). The monoisotopic (exact) mass is 207 g/mol. The van der Waals surface area contributed by atoms with Crippen molar-refractivity contribution in [1.29, 1.82) is 0 Å². The highest BCUT2D eigenvalue weighted by Gasteiger charge is 2.42. The molecule has 0 aliphatic carbocycles. The normalized spacial score (nSPS) is 25.6. The van der Waals surface area contributed by atoms with Crippen molar-refractivity contribution in [2.24, 2.45) is 0 Å². The Balaban J connectivity index is 2.18. The minimum Gasteiger partial charge on any atom is -0.287 e. The van der Waals surface area contributed by atoms with Crippen molar-refractivity contribution in [1.82, 2.24) is 4.90 Å². The van der Waals surface area contributed by atoms with Crippen LogP contribution in [0.2, 0.25) is 19.6 Å². The highest BCUT2D eigenvalue weighted by Crippen LogP contribution is 2.38. The molecule has 2 heterocycles. The molecule has 0 radical (unpaired) electrons. The van der Waals surface area contributed by atoms with Gasteiger partial charge in [-0.15, -0.1) is 5.54 Å². The standard InChI is InChI=1S/C12H21NSi/c1-14(2,3)11-8-12-6-4-9-13(12)10-5-7-12/h4-7,9-10H2,1-3H3. The van der Waals surface area contributed by atoms with E-state index < -0.39 is 8.07 Å². The van der Waals surface area contributed by atoms with E-state index in [1.54, 1.807) is 0 Å². The maximum absolute atomic E-state index is 3.63. The average Bonchev–Trinajstić information content (AvgIpc) is 2.56. The second kappa shape index (κ2) is 3.39. The summed E-state index contributed by atoms with van der Waals surface area (Å²) in [4.78, 5) is 2.63. The van der Waals surface area contributed by atoms with Crippen LogP contribution < -0.4 is 0 Å². The third kappa shape index (κ3) is 1.89. The lowest BCUT2D eigenvalue weighted by atomic mass is 9.95. The van der Waals surface area contributed by atoms with Crippen molar-refractivity contribution < 1.29 is 0 Å². The number of fused-ring (bicyclic) bond motifs is 1. The van der Waals surface area contributed by atoms with E-state index in [4.69, 9.17) is 0 Å². The highest BCUT2D eigenvalue weighted by atomic mass is 28.3. The minimum absolute atomic E-state index is 0.320. The van der Waals surface area contributed by atoms with Gasteiger partial charge in [0, 0.05) is 0 Å². The fraction of sp³-hybridized carbons (Fsp3) is 0.833. The molecule has 0 bridgehead atoms. The van der Waals surface area contributed by atoms with Gasteiger partial charge in [-0.3, -0.25) is 4.90 Å². The summed E-state index contributed by atoms with van der Waals surface area (Å²) in [6, 6.07) is 0. The Morgan fingerprint density at radius 2 is 1.64 bits per heavy atom. The van der Waals surface area contributed by atoms with E-state index in [1.165, 1.54) is 38.8 Å². The predicted octanol–water partition coefficient (Wildman–Crippen LogP) is 2.50. The molecule has 0 amide bonds. The average molecular weight is 207 g/mol. The van der Waals surface area contributed by atoms with E-state index in [-0.39, 0.29) is 0 Å². The first-order valence-corrected chi connectivity index (χ1v) is 9.31. The zero-order chi connectivity index (χ0) is 10.2. The summed E-state index contributed by atoms with van der Waals surface area (Å²) in [5.74, 6) is 3.63. The van der Waals surface area contributed by atoms with Crippen LogP contribution in [0.5, 0.6) is 0 Å². The molecular weight excluding hydrogens is 186 g/mol. The Morgan fingerprint density at radius 3 is 2.14 bits per heavy atom. The zero-order valence-electron chi connectivity index (χ0n) is 9.69. The van der Waals surface area contributed by atoms with Crippen LogP contribution in [0, 0.1) is 11.5 Å². The maximum atomic E-state index is 3.63. The fourth-order valence-electron chi connectivity index (χ4n) is 2.61. The number of hydrogen-bond donors (Lipinski definition) is 0. The van der Waals surface area contributed by atoms with Crippen LogP contribution in [-0.2, 0) is 0 Å². The lowest BCUT2D eigenvalue weighted by Gasteiger charge is -2.26. The van der Waals surface area contributed by atoms with Crippen LogP contribution in [0.25, 0.3) is 0 Å². The number of rotatable bonds is 0. The van der Waals surface area contributed by atoms with Gasteiger partial charge in [0.05, 0.1) is 5.54 Å². The molecule has 0 spiro atoms. The van der Waals surface area contributed by atoms with Crippen molar-refractivity contribution >= 4 is 8.07 Å². The molecule has 14 heavy (non-hydrogen) atoms. The Morgan fingerprint density at radius 1 is 1.07 bits per heavy atom. The van der Waals surface area contributed by atoms with E-state index >= 15 is 0 Å². The van der Waals surface area contributed by atoms with Gasteiger partial charge in [0.2, 0.25) is 0 Å². The first-order valence-electron chi connectivity index (χ1n) is 5.81. The van der Waals surface area contributed by atoms with Crippen LogP contribution in [0.3, 0.4) is 0 Å². The third-order valence-electron chi connectivity index (χ3n) is 3.31. The molecule has 0 saturated carbocycles. The van der Waals surface area contributed by atoms with Gasteiger partial charge in [0.15, 0.2) is 0 Å². The van der Waals surface area contributed by atoms with Gasteiger partial charge in [0.25, 0.3) is 0 Å². The molecule has 0 N–H and O–H groups in total. The minimum atomic E-state index is -1.18. The molecule has 2 saturated heterocycles. The third-order valence-corrected chi connectivity index (χ3v) is 4.19. The van der Waals surface area contributed by atoms with Gasteiger partial charge >= 0.3 is 0 Å². The highest BCUT2D eigenvalue weighted by molar-refractivity contribution is 6.83. The van der Waals surface area contributed by atoms with Crippen LogP contribution in [0.1, 0.15) is 25.7 Å². The first kappa shape index (κ1) is 10.3. The molecule has 2 aliphatic rings. The van der Waals surface area contributed by atoms with Gasteiger partial charge in [-0.2, -0.15) is 0 Å². The second-order valence-electron chi connectivity index (χ2n) is 5.73. The topological polar surface area (TPSA) is 3.24 Å². The molecule has 2 aliphatic heterocycles. The molecule has 1 nitrogen and oxygen atoms in total. The Kier molecular flexibility index (Phi) is 2.49. The van der Waals surface area contributed by atoms with Gasteiger partial charge in [-0.1, -0.05) is 25.6 Å². The summed E-state index contributed by atoms with van der Waals surface area (Å²) in [5, 5.41) is 0. The van der Waals surface area contributed by atoms with E-state index in [0.717, 1.165) is 0 Å². The molecule has 0 aromatic rings. The fourth-order valence-corrected chi connectivity index (χ4v) is 3.22. The molecule has 78 valence electrons. The quantitative estimate of drug-likeness (QED) is 0.436. The van der Waals surface area contributed by atoms with Crippen LogP contribution in [0.15, 0.2) is 0 Å². The Bertz CT molecular complexity index is 269. The van der Waals surface area contributed by atoms with Gasteiger partial charge in [-0.25, -0.2) is 0 Å². The summed E-state index contributed by atoms with van der Waals surface area (Å²) in [6.07, 6.45) is 5.37. The largest absolute Gasteiger partial charge is 0.287 e. The number of hydrogen-bond acceptors (Lipinski definition) is 1. The number of nitrogens with zero attached hydrogens (tertiary/aromatic N) is 1. The van der Waals surface area contributed by atoms with Crippen LogP contribution >= 0.6 is 0 Å². The van der Waals surface area contributed by atoms with Gasteiger partial charge < -0.3 is 0 Å². The summed E-state index contributed by atoms with van der Waals surface area (Å²) in [6.45, 7) is 9.60. The van der Waals surface area contributed by atoms with Crippen molar-refractivity contribution in [3.63, 3.8) is 0 Å². The SMILES string of the molecule is C[Si](C)(C)C#CC12CCCN1CCC2. The lowest BCUT2D eigenvalue weighted by Crippen LogP contribution is -2.37. The predicted molar refractivity (Wildman–Crippen MR) is 63.9 cm³/mol. The van der Waals surface area contributed by atoms with E-state index in [2.05, 4.69) is 36.0 Å². The molecule has 0 atom stereocenters. The van der Waals surface area contributed by atoms with Crippen molar-refractivity contribution in [2.75, 3.05) is 13.1 Å². The molecular formula is C12H21NSi. The van der Waals surface area contributed by atoms with E-state index in [0.29, 0.717) is 5.54 Å². The van der Waals surface area contributed by atoms with Gasteiger partial charge in [-0.05, 0) is 38.8 Å². The Hall–Kier alpha value is -0.263. The molecule has 0 aromatic carbocycles. The first-order chi connectivity index (χ1) is 6.52. The second-order valence-corrected chi connectivity index (χ2v) is 10.5. The van der Waals surface area contributed by atoms with Gasteiger partial charge in [0.1, 0.15) is 8.07 Å². The van der Waals surface area contributed by atoms with Crippen molar-refractivity contribution in [2.45, 2.75) is 50.9 Å².